The molecule has 1 atom stereocenters. The molecule has 1 aromatic carbocycles. The number of nitro groups is 1. The first kappa shape index (κ1) is 13.8. The average molecular weight is 253 g/mol. The monoisotopic (exact) mass is 253 g/mol. The number of benzene rings is 1. The molecule has 0 aliphatic heterocycles. The van der Waals surface area contributed by atoms with E-state index in [0.29, 0.717) is 0 Å². The molecule has 1 N–H and O–H groups in total. The largest absolute Gasteiger partial charge is 0.464 e. The molecule has 18 heavy (non-hydrogen) atoms. The van der Waals surface area contributed by atoms with Gasteiger partial charge in [0.2, 0.25) is 11.9 Å². The van der Waals surface area contributed by atoms with Gasteiger partial charge in [-0.1, -0.05) is 0 Å². The first-order valence-corrected chi connectivity index (χ1v) is 5.10. The maximum Gasteiger partial charge on any atom is 0.343 e. The van der Waals surface area contributed by atoms with Gasteiger partial charge in [0.05, 0.1) is 11.5 Å². The number of non-ortho nitro benzene ring substituents is 1. The van der Waals surface area contributed by atoms with Gasteiger partial charge in [0.15, 0.2) is 0 Å². The molecule has 0 radical (unpaired) electrons. The number of aliphatic hydroxyl groups excluding tert-OH is 1. The van der Waals surface area contributed by atoms with E-state index < -0.39 is 22.8 Å². The van der Waals surface area contributed by atoms with Crippen molar-refractivity contribution in [3.63, 3.8) is 0 Å². The van der Waals surface area contributed by atoms with Gasteiger partial charge < -0.3 is 9.84 Å². The summed E-state index contributed by atoms with van der Waals surface area (Å²) in [5.41, 5.74) is -0.182. The van der Waals surface area contributed by atoms with Crippen LogP contribution in [-0.4, -0.2) is 34.5 Å². The predicted octanol–water partition coefficient (Wildman–Crippen LogP) is 0.702. The van der Waals surface area contributed by atoms with Gasteiger partial charge in [0.25, 0.3) is 5.69 Å². The zero-order chi connectivity index (χ0) is 13.7. The lowest BCUT2D eigenvalue weighted by molar-refractivity contribution is -0.384. The van der Waals surface area contributed by atoms with E-state index in [-0.39, 0.29) is 17.9 Å². The van der Waals surface area contributed by atoms with Crippen molar-refractivity contribution in [1.82, 2.24) is 0 Å². The molecule has 0 aliphatic carbocycles. The predicted molar refractivity (Wildman–Crippen MR) is 60.1 cm³/mol. The van der Waals surface area contributed by atoms with Gasteiger partial charge >= 0.3 is 5.97 Å². The second-order valence-corrected chi connectivity index (χ2v) is 3.32. The van der Waals surface area contributed by atoms with E-state index in [9.17, 15) is 24.8 Å². The summed E-state index contributed by atoms with van der Waals surface area (Å²) >= 11 is 0. The second kappa shape index (κ2) is 5.87. The summed E-state index contributed by atoms with van der Waals surface area (Å²) in [6.45, 7) is 1.59. The fraction of sp³-hybridized carbons (Fsp3) is 0.273. The highest BCUT2D eigenvalue weighted by Gasteiger charge is 2.26. The lowest BCUT2D eigenvalue weighted by Gasteiger charge is -2.08. The molecule has 0 saturated carbocycles. The first-order valence-electron chi connectivity index (χ1n) is 5.10. The number of Topliss-reactive ketones (excluding diaryl/α,β-unsaturated/α-hetero) is 1. The normalized spacial score (nSPS) is 11.7. The van der Waals surface area contributed by atoms with E-state index in [1.54, 1.807) is 6.92 Å². The lowest BCUT2D eigenvalue weighted by atomic mass is 10.1. The fourth-order valence-electron chi connectivity index (χ4n) is 1.23. The Balaban J connectivity index is 2.84. The van der Waals surface area contributed by atoms with E-state index >= 15 is 0 Å². The van der Waals surface area contributed by atoms with Crippen molar-refractivity contribution in [2.75, 3.05) is 6.61 Å². The van der Waals surface area contributed by atoms with Gasteiger partial charge in [0, 0.05) is 17.7 Å². The Bertz CT molecular complexity index is 467. The van der Waals surface area contributed by atoms with Gasteiger partial charge in [-0.3, -0.25) is 14.9 Å². The fourth-order valence-corrected chi connectivity index (χ4v) is 1.23. The van der Waals surface area contributed by atoms with Crippen LogP contribution in [0.4, 0.5) is 5.69 Å². The molecule has 1 aromatic rings. The Morgan fingerprint density at radius 2 is 1.94 bits per heavy atom. The van der Waals surface area contributed by atoms with Crippen LogP contribution < -0.4 is 0 Å². The first-order chi connectivity index (χ1) is 8.47. The summed E-state index contributed by atoms with van der Waals surface area (Å²) in [4.78, 5) is 32.5. The maximum atomic E-state index is 11.6. The molecule has 96 valence electrons. The van der Waals surface area contributed by atoms with E-state index in [4.69, 9.17) is 0 Å². The number of ether oxygens (including phenoxy) is 1. The molecule has 7 nitrogen and oxygen atoms in total. The number of hydrogen-bond donors (Lipinski definition) is 1. The number of hydrogen-bond acceptors (Lipinski definition) is 6. The van der Waals surface area contributed by atoms with E-state index in [1.165, 1.54) is 12.1 Å². The van der Waals surface area contributed by atoms with Crippen LogP contribution in [-0.2, 0) is 9.53 Å². The number of ketones is 1. The molecule has 0 aliphatic rings. The van der Waals surface area contributed by atoms with Crippen LogP contribution in [0.25, 0.3) is 0 Å². The van der Waals surface area contributed by atoms with Crippen LogP contribution in [0.2, 0.25) is 0 Å². The molecule has 0 bridgehead atoms. The third-order valence-corrected chi connectivity index (χ3v) is 2.12. The van der Waals surface area contributed by atoms with Crippen molar-refractivity contribution in [3.05, 3.63) is 39.9 Å². The Labute approximate surface area is 102 Å². The van der Waals surface area contributed by atoms with Crippen molar-refractivity contribution < 1.29 is 24.4 Å². The van der Waals surface area contributed by atoms with Crippen molar-refractivity contribution in [1.29, 1.82) is 0 Å². The number of rotatable bonds is 5. The Morgan fingerprint density at radius 1 is 1.39 bits per heavy atom. The van der Waals surface area contributed by atoms with Crippen LogP contribution >= 0.6 is 0 Å². The van der Waals surface area contributed by atoms with Gasteiger partial charge in [0.1, 0.15) is 0 Å². The molecule has 0 fully saturated rings. The van der Waals surface area contributed by atoms with Crippen LogP contribution in [0.5, 0.6) is 0 Å². The minimum atomic E-state index is -1.91. The number of carbonyl (C=O) groups excluding carboxylic acids is 2. The van der Waals surface area contributed by atoms with Crippen LogP contribution in [0.15, 0.2) is 24.3 Å². The summed E-state index contributed by atoms with van der Waals surface area (Å²) in [7, 11) is 0. The van der Waals surface area contributed by atoms with Crippen molar-refractivity contribution in [3.8, 4) is 0 Å². The molecule has 0 amide bonds. The van der Waals surface area contributed by atoms with Crippen molar-refractivity contribution in [2.45, 2.75) is 13.0 Å². The van der Waals surface area contributed by atoms with Gasteiger partial charge in [-0.15, -0.1) is 0 Å². The van der Waals surface area contributed by atoms with Gasteiger partial charge in [-0.2, -0.15) is 0 Å². The van der Waals surface area contributed by atoms with E-state index in [0.717, 1.165) is 12.1 Å². The highest BCUT2D eigenvalue weighted by molar-refractivity contribution is 6.10. The quantitative estimate of drug-likeness (QED) is 0.272. The summed E-state index contributed by atoms with van der Waals surface area (Å²) in [5.74, 6) is -1.90. The summed E-state index contributed by atoms with van der Waals surface area (Å²) in [6.07, 6.45) is -1.91. The zero-order valence-corrected chi connectivity index (χ0v) is 9.53. The third-order valence-electron chi connectivity index (χ3n) is 2.12. The Morgan fingerprint density at radius 3 is 2.39 bits per heavy atom. The smallest absolute Gasteiger partial charge is 0.343 e. The van der Waals surface area contributed by atoms with E-state index in [2.05, 4.69) is 4.74 Å². The van der Waals surface area contributed by atoms with Crippen LogP contribution in [0, 0.1) is 10.1 Å². The molecule has 0 heterocycles. The summed E-state index contributed by atoms with van der Waals surface area (Å²) < 4.78 is 4.49. The molecule has 1 rings (SSSR count). The number of esters is 1. The standard InChI is InChI=1S/C11H11NO6/c1-2-18-11(15)10(14)9(13)7-3-5-8(6-4-7)12(16)17/h3-6,10,14H,2H2,1H3. The van der Waals surface area contributed by atoms with Crippen LogP contribution in [0.1, 0.15) is 17.3 Å². The van der Waals surface area contributed by atoms with Crippen molar-refractivity contribution >= 4 is 17.4 Å². The number of aliphatic hydroxyl groups is 1. The minimum Gasteiger partial charge on any atom is -0.464 e. The van der Waals surface area contributed by atoms with Gasteiger partial charge in [-0.05, 0) is 19.1 Å². The molecule has 0 spiro atoms. The zero-order valence-electron chi connectivity index (χ0n) is 9.53. The molecule has 0 saturated heterocycles. The molecular formula is C11H11NO6. The lowest BCUT2D eigenvalue weighted by Crippen LogP contribution is -2.31. The number of nitrogens with zero attached hydrogens (tertiary/aromatic N) is 1. The SMILES string of the molecule is CCOC(=O)C(O)C(=O)c1ccc([N+](=O)[O-])cc1. The maximum absolute atomic E-state index is 11.6. The minimum absolute atomic E-state index is 0.00107. The molecular weight excluding hydrogens is 242 g/mol. The Kier molecular flexibility index (Phi) is 4.50. The van der Waals surface area contributed by atoms with Gasteiger partial charge in [-0.25, -0.2) is 4.79 Å². The number of carbonyl (C=O) groups is 2. The average Bonchev–Trinajstić information content (AvgIpc) is 2.37. The third kappa shape index (κ3) is 3.11. The highest BCUT2D eigenvalue weighted by atomic mass is 16.6. The van der Waals surface area contributed by atoms with Crippen molar-refractivity contribution in [2.24, 2.45) is 0 Å². The molecule has 0 aromatic heterocycles. The van der Waals surface area contributed by atoms with Crippen LogP contribution in [0.3, 0.4) is 0 Å². The molecule has 7 heteroatoms. The highest BCUT2D eigenvalue weighted by Crippen LogP contribution is 2.13. The molecule has 1 unspecified atom stereocenters. The summed E-state index contributed by atoms with van der Waals surface area (Å²) in [5, 5.41) is 19.8. The summed E-state index contributed by atoms with van der Waals surface area (Å²) in [6, 6.07) is 4.57. The topological polar surface area (TPSA) is 107 Å². The van der Waals surface area contributed by atoms with E-state index in [1.807, 2.05) is 0 Å². The second-order valence-electron chi connectivity index (χ2n) is 3.32. The number of nitro benzene ring substituents is 1. The Hall–Kier alpha value is -2.28.